The SMILES string of the molecule is O=CC1CC(F)(F)CCO1. The maximum Gasteiger partial charge on any atom is 0.253 e. The standard InChI is InChI=1S/C6H8F2O2/c7-6(8)1-2-10-5(3-6)4-9/h4-5H,1-3H2. The molecule has 4 heteroatoms. The number of hydrogen-bond donors (Lipinski definition) is 0. The minimum absolute atomic E-state index is 0.0175. The van der Waals surface area contributed by atoms with Crippen LogP contribution in [0.15, 0.2) is 0 Å². The Morgan fingerprint density at radius 3 is 2.70 bits per heavy atom. The summed E-state index contributed by atoms with van der Waals surface area (Å²) in [5, 5.41) is 0. The lowest BCUT2D eigenvalue weighted by molar-refractivity contribution is -0.144. The van der Waals surface area contributed by atoms with Crippen LogP contribution in [0.5, 0.6) is 0 Å². The molecule has 1 unspecified atom stereocenters. The Balaban J connectivity index is 2.47. The number of carbonyl (C=O) groups is 1. The molecule has 10 heavy (non-hydrogen) atoms. The number of hydrogen-bond acceptors (Lipinski definition) is 2. The molecule has 58 valence electrons. The van der Waals surface area contributed by atoms with E-state index in [4.69, 9.17) is 4.74 Å². The fourth-order valence-electron chi connectivity index (χ4n) is 0.902. The lowest BCUT2D eigenvalue weighted by atomic mass is 10.1. The van der Waals surface area contributed by atoms with Crippen molar-refractivity contribution in [1.29, 1.82) is 0 Å². The number of ether oxygens (including phenoxy) is 1. The van der Waals surface area contributed by atoms with Gasteiger partial charge in [0.1, 0.15) is 12.4 Å². The molecule has 0 bridgehead atoms. The average molecular weight is 150 g/mol. The van der Waals surface area contributed by atoms with E-state index in [2.05, 4.69) is 0 Å². The lowest BCUT2D eigenvalue weighted by Crippen LogP contribution is -2.34. The second-order valence-corrected chi connectivity index (χ2v) is 2.36. The first-order valence-electron chi connectivity index (χ1n) is 3.09. The molecule has 1 saturated heterocycles. The van der Waals surface area contributed by atoms with Gasteiger partial charge in [-0.25, -0.2) is 8.78 Å². The van der Waals surface area contributed by atoms with Gasteiger partial charge in [-0.15, -0.1) is 0 Å². The maximum atomic E-state index is 12.4. The Morgan fingerprint density at radius 2 is 2.30 bits per heavy atom. The van der Waals surface area contributed by atoms with Crippen LogP contribution in [0, 0.1) is 0 Å². The molecule has 1 heterocycles. The fourth-order valence-corrected chi connectivity index (χ4v) is 0.902. The molecule has 0 aromatic carbocycles. The largest absolute Gasteiger partial charge is 0.370 e. The van der Waals surface area contributed by atoms with Crippen molar-refractivity contribution in [2.24, 2.45) is 0 Å². The highest BCUT2D eigenvalue weighted by Gasteiger charge is 2.36. The third-order valence-electron chi connectivity index (χ3n) is 1.45. The van der Waals surface area contributed by atoms with Crippen LogP contribution < -0.4 is 0 Å². The van der Waals surface area contributed by atoms with Crippen molar-refractivity contribution in [1.82, 2.24) is 0 Å². The van der Waals surface area contributed by atoms with Crippen LogP contribution in [-0.4, -0.2) is 24.9 Å². The molecule has 0 saturated carbocycles. The maximum absolute atomic E-state index is 12.4. The van der Waals surface area contributed by atoms with Gasteiger partial charge in [-0.05, 0) is 0 Å². The van der Waals surface area contributed by atoms with Crippen LogP contribution in [-0.2, 0) is 9.53 Å². The van der Waals surface area contributed by atoms with Crippen LogP contribution in [0.4, 0.5) is 8.78 Å². The van der Waals surface area contributed by atoms with E-state index in [0.717, 1.165) is 0 Å². The summed E-state index contributed by atoms with van der Waals surface area (Å²) < 4.78 is 29.5. The van der Waals surface area contributed by atoms with Crippen molar-refractivity contribution < 1.29 is 18.3 Å². The number of carbonyl (C=O) groups excluding carboxylic acids is 1. The first-order valence-corrected chi connectivity index (χ1v) is 3.09. The topological polar surface area (TPSA) is 26.3 Å². The van der Waals surface area contributed by atoms with Crippen molar-refractivity contribution in [2.75, 3.05) is 6.61 Å². The normalized spacial score (nSPS) is 31.6. The molecule has 0 aromatic heterocycles. The first kappa shape index (κ1) is 7.60. The summed E-state index contributed by atoms with van der Waals surface area (Å²) in [4.78, 5) is 9.99. The summed E-state index contributed by atoms with van der Waals surface area (Å²) >= 11 is 0. The minimum Gasteiger partial charge on any atom is -0.370 e. The number of aldehydes is 1. The summed E-state index contributed by atoms with van der Waals surface area (Å²) in [5.41, 5.74) is 0. The van der Waals surface area contributed by atoms with Gasteiger partial charge in [0.05, 0.1) is 6.61 Å². The summed E-state index contributed by atoms with van der Waals surface area (Å²) in [6.07, 6.45) is -1.20. The average Bonchev–Trinajstić information content (AvgIpc) is 1.86. The quantitative estimate of drug-likeness (QED) is 0.521. The van der Waals surface area contributed by atoms with Gasteiger partial charge >= 0.3 is 0 Å². The van der Waals surface area contributed by atoms with Gasteiger partial charge in [0, 0.05) is 12.8 Å². The van der Waals surface area contributed by atoms with Crippen LogP contribution in [0.1, 0.15) is 12.8 Å². The monoisotopic (exact) mass is 150 g/mol. The molecule has 2 nitrogen and oxygen atoms in total. The van der Waals surface area contributed by atoms with E-state index in [0.29, 0.717) is 6.29 Å². The fraction of sp³-hybridized carbons (Fsp3) is 0.833. The third kappa shape index (κ3) is 1.73. The Hall–Kier alpha value is -0.510. The molecule has 0 spiro atoms. The Morgan fingerprint density at radius 1 is 1.60 bits per heavy atom. The van der Waals surface area contributed by atoms with Crippen LogP contribution in [0.25, 0.3) is 0 Å². The van der Waals surface area contributed by atoms with Crippen LogP contribution in [0.3, 0.4) is 0 Å². The highest BCUT2D eigenvalue weighted by Crippen LogP contribution is 2.28. The van der Waals surface area contributed by atoms with E-state index in [1.165, 1.54) is 0 Å². The van der Waals surface area contributed by atoms with E-state index in [1.54, 1.807) is 0 Å². The van der Waals surface area contributed by atoms with Gasteiger partial charge in [-0.2, -0.15) is 0 Å². The summed E-state index contributed by atoms with van der Waals surface area (Å²) in [6.45, 7) is -0.0175. The zero-order valence-electron chi connectivity index (χ0n) is 5.35. The van der Waals surface area contributed by atoms with Gasteiger partial charge in [0.2, 0.25) is 0 Å². The molecule has 0 amide bonds. The number of halogens is 2. The van der Waals surface area contributed by atoms with Crippen molar-refractivity contribution in [3.8, 4) is 0 Å². The van der Waals surface area contributed by atoms with E-state index in [-0.39, 0.29) is 13.0 Å². The second kappa shape index (κ2) is 2.62. The molecule has 1 rings (SSSR count). The molecular weight excluding hydrogens is 142 g/mol. The predicted molar refractivity (Wildman–Crippen MR) is 30.0 cm³/mol. The van der Waals surface area contributed by atoms with Gasteiger partial charge in [-0.3, -0.25) is 0 Å². The Bertz CT molecular complexity index is 136. The molecule has 0 radical (unpaired) electrons. The van der Waals surface area contributed by atoms with E-state index in [1.807, 2.05) is 0 Å². The lowest BCUT2D eigenvalue weighted by Gasteiger charge is -2.25. The zero-order chi connectivity index (χ0) is 7.61. The van der Waals surface area contributed by atoms with Gasteiger partial charge in [0.25, 0.3) is 5.92 Å². The highest BCUT2D eigenvalue weighted by molar-refractivity contribution is 5.56. The molecule has 1 atom stereocenters. The smallest absolute Gasteiger partial charge is 0.253 e. The summed E-state index contributed by atoms with van der Waals surface area (Å²) in [7, 11) is 0. The molecule has 0 aromatic rings. The van der Waals surface area contributed by atoms with Crippen molar-refractivity contribution in [3.63, 3.8) is 0 Å². The Labute approximate surface area is 57.2 Å². The van der Waals surface area contributed by atoms with E-state index in [9.17, 15) is 13.6 Å². The van der Waals surface area contributed by atoms with E-state index < -0.39 is 18.4 Å². The van der Waals surface area contributed by atoms with Gasteiger partial charge < -0.3 is 9.53 Å². The van der Waals surface area contributed by atoms with Crippen molar-refractivity contribution >= 4 is 6.29 Å². The second-order valence-electron chi connectivity index (χ2n) is 2.36. The first-order chi connectivity index (χ1) is 4.64. The summed E-state index contributed by atoms with van der Waals surface area (Å²) in [6, 6.07) is 0. The van der Waals surface area contributed by atoms with Gasteiger partial charge in [-0.1, -0.05) is 0 Å². The molecule has 1 fully saturated rings. The molecular formula is C6H8F2O2. The number of rotatable bonds is 1. The van der Waals surface area contributed by atoms with Crippen LogP contribution >= 0.6 is 0 Å². The van der Waals surface area contributed by atoms with E-state index >= 15 is 0 Å². The zero-order valence-corrected chi connectivity index (χ0v) is 5.35. The third-order valence-corrected chi connectivity index (χ3v) is 1.45. The van der Waals surface area contributed by atoms with Gasteiger partial charge in [0.15, 0.2) is 0 Å². The summed E-state index contributed by atoms with van der Waals surface area (Å²) in [5.74, 6) is -2.70. The van der Waals surface area contributed by atoms with Crippen molar-refractivity contribution in [3.05, 3.63) is 0 Å². The minimum atomic E-state index is -2.70. The highest BCUT2D eigenvalue weighted by atomic mass is 19.3. The molecule has 1 aliphatic heterocycles. The predicted octanol–water partition coefficient (Wildman–Crippen LogP) is 1.000. The Kier molecular flexibility index (Phi) is 1.99. The van der Waals surface area contributed by atoms with Crippen molar-refractivity contribution in [2.45, 2.75) is 24.9 Å². The molecule has 1 aliphatic rings. The number of alkyl halides is 2. The molecule has 0 aliphatic carbocycles. The van der Waals surface area contributed by atoms with Crippen LogP contribution in [0.2, 0.25) is 0 Å². The molecule has 0 N–H and O–H groups in total.